The summed E-state index contributed by atoms with van der Waals surface area (Å²) < 4.78 is 0. The predicted molar refractivity (Wildman–Crippen MR) is 47.1 cm³/mol. The zero-order chi connectivity index (χ0) is 8.27. The van der Waals surface area contributed by atoms with Crippen LogP contribution in [0.15, 0.2) is 18.2 Å². The first-order chi connectivity index (χ1) is 5.22. The lowest BCUT2D eigenvalue weighted by molar-refractivity contribution is 0.474. The van der Waals surface area contributed by atoms with Crippen LogP contribution in [-0.2, 0) is 6.42 Å². The number of aryl methyl sites for hydroxylation is 1. The molecule has 1 aromatic rings. The summed E-state index contributed by atoms with van der Waals surface area (Å²) in [4.78, 5) is 0. The molecule has 0 aliphatic carbocycles. The van der Waals surface area contributed by atoms with E-state index in [1.54, 1.807) is 12.1 Å². The van der Waals surface area contributed by atoms with Gasteiger partial charge in [-0.05, 0) is 30.2 Å². The van der Waals surface area contributed by atoms with E-state index < -0.39 is 0 Å². The molecule has 0 saturated carbocycles. The summed E-state index contributed by atoms with van der Waals surface area (Å²) in [5.74, 6) is 0.251. The van der Waals surface area contributed by atoms with E-state index in [9.17, 15) is 0 Å². The van der Waals surface area contributed by atoms with Crippen molar-refractivity contribution in [2.24, 2.45) is 0 Å². The molecule has 1 nitrogen and oxygen atoms in total. The molecule has 1 rings (SSSR count). The Balaban J connectivity index is 2.89. The molecule has 0 spiro atoms. The maximum absolute atomic E-state index is 9.14. The number of benzene rings is 1. The topological polar surface area (TPSA) is 20.2 Å². The summed E-state index contributed by atoms with van der Waals surface area (Å²) in [5.41, 5.74) is 1.09. The molecule has 0 radical (unpaired) electrons. The van der Waals surface area contributed by atoms with Crippen LogP contribution in [0.1, 0.15) is 18.9 Å². The number of rotatable bonds is 2. The first kappa shape index (κ1) is 8.41. The van der Waals surface area contributed by atoms with Crippen LogP contribution in [0.25, 0.3) is 0 Å². The van der Waals surface area contributed by atoms with Crippen molar-refractivity contribution >= 4 is 11.6 Å². The van der Waals surface area contributed by atoms with Gasteiger partial charge in [0.05, 0.1) is 0 Å². The molecule has 0 atom stereocenters. The smallest absolute Gasteiger partial charge is 0.117 e. The van der Waals surface area contributed by atoms with Gasteiger partial charge in [-0.1, -0.05) is 24.9 Å². The number of phenols is 1. The summed E-state index contributed by atoms with van der Waals surface area (Å²) in [6, 6.07) is 5.17. The zero-order valence-electron chi connectivity index (χ0n) is 6.47. The van der Waals surface area contributed by atoms with Crippen molar-refractivity contribution in [3.63, 3.8) is 0 Å². The number of phenolic OH excluding ortho intramolecular Hbond substituents is 1. The van der Waals surface area contributed by atoms with Gasteiger partial charge < -0.3 is 5.11 Å². The Labute approximate surface area is 71.6 Å². The minimum atomic E-state index is 0.251. The molecule has 0 aliphatic heterocycles. The molecule has 0 fully saturated rings. The lowest BCUT2D eigenvalue weighted by Gasteiger charge is -1.99. The lowest BCUT2D eigenvalue weighted by Crippen LogP contribution is -1.81. The Morgan fingerprint density at radius 3 is 2.64 bits per heavy atom. The normalized spacial score (nSPS) is 10.0. The first-order valence-electron chi connectivity index (χ1n) is 3.71. The minimum Gasteiger partial charge on any atom is -0.508 e. The Hall–Kier alpha value is -0.690. The van der Waals surface area contributed by atoms with Crippen LogP contribution >= 0.6 is 11.6 Å². The third kappa shape index (κ3) is 2.43. The van der Waals surface area contributed by atoms with Crippen molar-refractivity contribution in [3.05, 3.63) is 28.8 Å². The summed E-state index contributed by atoms with van der Waals surface area (Å²) in [7, 11) is 0. The highest BCUT2D eigenvalue weighted by Gasteiger charge is 1.96. The van der Waals surface area contributed by atoms with Crippen LogP contribution in [-0.4, -0.2) is 5.11 Å². The van der Waals surface area contributed by atoms with E-state index >= 15 is 0 Å². The van der Waals surface area contributed by atoms with Gasteiger partial charge in [-0.25, -0.2) is 0 Å². The number of halogens is 1. The maximum atomic E-state index is 9.14. The molecule has 11 heavy (non-hydrogen) atoms. The molecule has 0 heterocycles. The van der Waals surface area contributed by atoms with Crippen LogP contribution in [0.2, 0.25) is 5.02 Å². The molecule has 2 heteroatoms. The monoisotopic (exact) mass is 170 g/mol. The van der Waals surface area contributed by atoms with Crippen LogP contribution < -0.4 is 0 Å². The average Bonchev–Trinajstić information content (AvgIpc) is 1.85. The lowest BCUT2D eigenvalue weighted by atomic mass is 10.1. The average molecular weight is 171 g/mol. The van der Waals surface area contributed by atoms with E-state index in [2.05, 4.69) is 6.92 Å². The van der Waals surface area contributed by atoms with Gasteiger partial charge in [0.25, 0.3) is 0 Å². The first-order valence-corrected chi connectivity index (χ1v) is 4.08. The van der Waals surface area contributed by atoms with Crippen molar-refractivity contribution in [1.82, 2.24) is 0 Å². The SMILES string of the molecule is CCCc1cc(O)cc(Cl)c1. The zero-order valence-corrected chi connectivity index (χ0v) is 7.23. The third-order valence-corrected chi connectivity index (χ3v) is 1.70. The molecule has 1 N–H and O–H groups in total. The minimum absolute atomic E-state index is 0.251. The quantitative estimate of drug-likeness (QED) is 0.724. The van der Waals surface area contributed by atoms with Crippen molar-refractivity contribution in [2.75, 3.05) is 0 Å². The van der Waals surface area contributed by atoms with Crippen molar-refractivity contribution in [2.45, 2.75) is 19.8 Å². The molecule has 60 valence electrons. The molecule has 0 bridgehead atoms. The molecular weight excluding hydrogens is 160 g/mol. The summed E-state index contributed by atoms with van der Waals surface area (Å²) >= 11 is 5.73. The van der Waals surface area contributed by atoms with Gasteiger partial charge >= 0.3 is 0 Å². The second kappa shape index (κ2) is 3.63. The number of hydrogen-bond acceptors (Lipinski definition) is 1. The highest BCUT2D eigenvalue weighted by atomic mass is 35.5. The Bertz CT molecular complexity index is 225. The largest absolute Gasteiger partial charge is 0.508 e. The van der Waals surface area contributed by atoms with E-state index in [4.69, 9.17) is 16.7 Å². The van der Waals surface area contributed by atoms with E-state index in [-0.39, 0.29) is 5.75 Å². The standard InChI is InChI=1S/C9H11ClO/c1-2-3-7-4-8(10)6-9(11)5-7/h4-6,11H,2-3H2,1H3. The highest BCUT2D eigenvalue weighted by Crippen LogP contribution is 2.20. The third-order valence-electron chi connectivity index (χ3n) is 1.48. The van der Waals surface area contributed by atoms with E-state index in [0.717, 1.165) is 18.4 Å². The van der Waals surface area contributed by atoms with Gasteiger partial charge in [0.15, 0.2) is 0 Å². The van der Waals surface area contributed by atoms with Crippen molar-refractivity contribution in [1.29, 1.82) is 0 Å². The molecule has 0 amide bonds. The Morgan fingerprint density at radius 2 is 2.09 bits per heavy atom. The highest BCUT2D eigenvalue weighted by molar-refractivity contribution is 6.30. The Kier molecular flexibility index (Phi) is 2.77. The van der Waals surface area contributed by atoms with E-state index in [0.29, 0.717) is 5.02 Å². The maximum Gasteiger partial charge on any atom is 0.117 e. The molecule has 0 aliphatic rings. The predicted octanol–water partition coefficient (Wildman–Crippen LogP) is 3.00. The molecule has 1 aromatic carbocycles. The molecular formula is C9H11ClO. The molecule has 0 aromatic heterocycles. The van der Waals surface area contributed by atoms with Crippen LogP contribution in [0.5, 0.6) is 5.75 Å². The van der Waals surface area contributed by atoms with Crippen molar-refractivity contribution < 1.29 is 5.11 Å². The van der Waals surface area contributed by atoms with Crippen LogP contribution in [0.4, 0.5) is 0 Å². The van der Waals surface area contributed by atoms with Crippen LogP contribution in [0, 0.1) is 0 Å². The summed E-state index contributed by atoms with van der Waals surface area (Å²) in [6.45, 7) is 2.10. The molecule has 0 saturated heterocycles. The van der Waals surface area contributed by atoms with E-state index in [1.165, 1.54) is 0 Å². The number of aromatic hydroxyl groups is 1. The van der Waals surface area contributed by atoms with Gasteiger partial charge in [-0.3, -0.25) is 0 Å². The van der Waals surface area contributed by atoms with Gasteiger partial charge in [0.1, 0.15) is 5.75 Å². The van der Waals surface area contributed by atoms with Gasteiger partial charge in [0, 0.05) is 5.02 Å². The van der Waals surface area contributed by atoms with Gasteiger partial charge in [-0.2, -0.15) is 0 Å². The van der Waals surface area contributed by atoms with Gasteiger partial charge in [-0.15, -0.1) is 0 Å². The van der Waals surface area contributed by atoms with Crippen LogP contribution in [0.3, 0.4) is 0 Å². The second-order valence-corrected chi connectivity index (χ2v) is 3.00. The summed E-state index contributed by atoms with van der Waals surface area (Å²) in [5, 5.41) is 9.74. The second-order valence-electron chi connectivity index (χ2n) is 2.57. The van der Waals surface area contributed by atoms with Crippen molar-refractivity contribution in [3.8, 4) is 5.75 Å². The van der Waals surface area contributed by atoms with E-state index in [1.807, 2.05) is 6.07 Å². The van der Waals surface area contributed by atoms with Gasteiger partial charge in [0.2, 0.25) is 0 Å². The fraction of sp³-hybridized carbons (Fsp3) is 0.333. The fourth-order valence-electron chi connectivity index (χ4n) is 1.07. The Morgan fingerprint density at radius 1 is 1.36 bits per heavy atom. The fourth-order valence-corrected chi connectivity index (χ4v) is 1.32. The summed E-state index contributed by atoms with van der Waals surface area (Å²) in [6.07, 6.45) is 2.04. The number of hydrogen-bond donors (Lipinski definition) is 1. The molecule has 0 unspecified atom stereocenters.